The van der Waals surface area contributed by atoms with Gasteiger partial charge in [-0.25, -0.2) is 4.98 Å². The zero-order valence-corrected chi connectivity index (χ0v) is 12.9. The van der Waals surface area contributed by atoms with Crippen LogP contribution in [0.25, 0.3) is 10.2 Å². The molecule has 1 aliphatic rings. The lowest BCUT2D eigenvalue weighted by Crippen LogP contribution is -2.33. The van der Waals surface area contributed by atoms with Crippen molar-refractivity contribution in [2.45, 2.75) is 19.8 Å². The highest BCUT2D eigenvalue weighted by atomic mass is 32.1. The van der Waals surface area contributed by atoms with Gasteiger partial charge in [0.05, 0.1) is 11.9 Å². The van der Waals surface area contributed by atoms with Crippen LogP contribution in [0.15, 0.2) is 11.4 Å². The second kappa shape index (κ2) is 6.26. The molecule has 2 aromatic heterocycles. The fourth-order valence-electron chi connectivity index (χ4n) is 2.38. The molecule has 2 aromatic rings. The van der Waals surface area contributed by atoms with Crippen LogP contribution in [0.3, 0.4) is 0 Å². The summed E-state index contributed by atoms with van der Waals surface area (Å²) < 4.78 is 0. The molecule has 7 heteroatoms. The summed E-state index contributed by atoms with van der Waals surface area (Å²) in [5, 5.41) is 9.18. The van der Waals surface area contributed by atoms with E-state index in [1.54, 1.807) is 11.3 Å². The summed E-state index contributed by atoms with van der Waals surface area (Å²) in [5.74, 6) is 1.56. The van der Waals surface area contributed by atoms with Crippen LogP contribution in [0.1, 0.15) is 19.8 Å². The Labute approximate surface area is 127 Å². The quantitative estimate of drug-likeness (QED) is 0.902. The Morgan fingerprint density at radius 2 is 2.38 bits per heavy atom. The molecule has 0 aliphatic carbocycles. The summed E-state index contributed by atoms with van der Waals surface area (Å²) in [6, 6.07) is 2.03. The Bertz CT molecular complexity index is 641. The van der Waals surface area contributed by atoms with E-state index in [-0.39, 0.29) is 5.91 Å². The second-order valence-electron chi connectivity index (χ2n) is 5.06. The minimum absolute atomic E-state index is 0.0533. The summed E-state index contributed by atoms with van der Waals surface area (Å²) in [6.45, 7) is 4.87. The third-order valence-electron chi connectivity index (χ3n) is 3.40. The molecule has 3 heterocycles. The number of hydrogen-bond donors (Lipinski definition) is 2. The van der Waals surface area contributed by atoms with Gasteiger partial charge < -0.3 is 15.5 Å². The molecule has 0 saturated carbocycles. The van der Waals surface area contributed by atoms with Crippen LogP contribution in [0.4, 0.5) is 11.8 Å². The van der Waals surface area contributed by atoms with Crippen LogP contribution in [-0.4, -0.2) is 42.1 Å². The molecular formula is C14H19N5OS. The van der Waals surface area contributed by atoms with Crippen LogP contribution in [0, 0.1) is 0 Å². The van der Waals surface area contributed by atoms with E-state index in [1.807, 2.05) is 11.4 Å². The number of anilines is 2. The van der Waals surface area contributed by atoms with Crippen molar-refractivity contribution in [2.75, 3.05) is 36.4 Å². The largest absolute Gasteiger partial charge is 0.354 e. The van der Waals surface area contributed by atoms with Gasteiger partial charge in [0.25, 0.3) is 0 Å². The van der Waals surface area contributed by atoms with E-state index in [0.29, 0.717) is 12.5 Å². The number of aromatic nitrogens is 2. The number of fused-ring (bicyclic) bond motifs is 1. The van der Waals surface area contributed by atoms with Gasteiger partial charge in [0.2, 0.25) is 11.9 Å². The van der Waals surface area contributed by atoms with Gasteiger partial charge in [-0.15, -0.1) is 11.3 Å². The summed E-state index contributed by atoms with van der Waals surface area (Å²) in [4.78, 5) is 24.0. The summed E-state index contributed by atoms with van der Waals surface area (Å²) in [5.41, 5.74) is 0. The Morgan fingerprint density at radius 1 is 1.48 bits per heavy atom. The van der Waals surface area contributed by atoms with Gasteiger partial charge in [0.15, 0.2) is 0 Å². The minimum Gasteiger partial charge on any atom is -0.354 e. The van der Waals surface area contributed by atoms with Crippen molar-refractivity contribution in [2.24, 2.45) is 0 Å². The summed E-state index contributed by atoms with van der Waals surface area (Å²) in [6.07, 6.45) is 1.95. The summed E-state index contributed by atoms with van der Waals surface area (Å²) in [7, 11) is 0. The highest BCUT2D eigenvalue weighted by molar-refractivity contribution is 7.16. The monoisotopic (exact) mass is 305 g/mol. The van der Waals surface area contributed by atoms with Crippen LogP contribution >= 0.6 is 11.3 Å². The van der Waals surface area contributed by atoms with E-state index in [9.17, 15) is 4.79 Å². The van der Waals surface area contributed by atoms with E-state index in [0.717, 1.165) is 48.5 Å². The van der Waals surface area contributed by atoms with Crippen molar-refractivity contribution < 1.29 is 4.79 Å². The molecule has 1 amide bonds. The minimum atomic E-state index is 0.0533. The zero-order chi connectivity index (χ0) is 14.7. The average molecular weight is 305 g/mol. The molecule has 112 valence electrons. The number of thiophene rings is 1. The van der Waals surface area contributed by atoms with Crippen LogP contribution < -0.4 is 15.5 Å². The smallest absolute Gasteiger partial charge is 0.239 e. The second-order valence-corrected chi connectivity index (χ2v) is 5.96. The summed E-state index contributed by atoms with van der Waals surface area (Å²) >= 11 is 1.60. The molecule has 0 bridgehead atoms. The third-order valence-corrected chi connectivity index (χ3v) is 4.21. The molecule has 6 nitrogen and oxygen atoms in total. The molecule has 2 N–H and O–H groups in total. The predicted molar refractivity (Wildman–Crippen MR) is 86.0 cm³/mol. The first kappa shape index (κ1) is 14.1. The molecular weight excluding hydrogens is 286 g/mol. The molecule has 21 heavy (non-hydrogen) atoms. The van der Waals surface area contributed by atoms with Gasteiger partial charge in [0, 0.05) is 19.6 Å². The van der Waals surface area contributed by atoms with Crippen LogP contribution in [0.5, 0.6) is 0 Å². The van der Waals surface area contributed by atoms with Crippen LogP contribution in [-0.2, 0) is 4.79 Å². The number of carbonyl (C=O) groups excluding carboxylic acids is 1. The molecule has 0 radical (unpaired) electrons. The van der Waals surface area contributed by atoms with Crippen molar-refractivity contribution in [1.29, 1.82) is 0 Å². The van der Waals surface area contributed by atoms with E-state index in [2.05, 4.69) is 32.4 Å². The first-order valence-electron chi connectivity index (χ1n) is 7.28. The number of hydrogen-bond acceptors (Lipinski definition) is 6. The Morgan fingerprint density at radius 3 is 3.24 bits per heavy atom. The van der Waals surface area contributed by atoms with E-state index < -0.39 is 0 Å². The standard InChI is InChI=1S/C14H19N5OS/c1-2-5-16-14-17-12(10-4-8-21-13(10)18-14)19-7-3-6-15-11(20)9-19/h4,8H,2-3,5-7,9H2,1H3,(H,15,20)(H,16,17,18). The zero-order valence-electron chi connectivity index (χ0n) is 12.1. The van der Waals surface area contributed by atoms with Gasteiger partial charge in [-0.05, 0) is 24.3 Å². The van der Waals surface area contributed by atoms with Crippen molar-refractivity contribution in [3.05, 3.63) is 11.4 Å². The van der Waals surface area contributed by atoms with E-state index >= 15 is 0 Å². The maximum atomic E-state index is 11.8. The Kier molecular flexibility index (Phi) is 4.19. The van der Waals surface area contributed by atoms with Gasteiger partial charge in [-0.1, -0.05) is 6.92 Å². The predicted octanol–water partition coefficient (Wildman–Crippen LogP) is 1.84. The van der Waals surface area contributed by atoms with Crippen molar-refractivity contribution in [3.8, 4) is 0 Å². The van der Waals surface area contributed by atoms with Crippen molar-refractivity contribution in [3.63, 3.8) is 0 Å². The lowest BCUT2D eigenvalue weighted by atomic mass is 10.3. The van der Waals surface area contributed by atoms with E-state index in [1.165, 1.54) is 0 Å². The third kappa shape index (κ3) is 3.07. The number of nitrogens with one attached hydrogen (secondary N) is 2. The van der Waals surface area contributed by atoms with Gasteiger partial charge in [-0.3, -0.25) is 4.79 Å². The maximum Gasteiger partial charge on any atom is 0.239 e. The molecule has 1 aliphatic heterocycles. The van der Waals surface area contributed by atoms with Gasteiger partial charge in [0.1, 0.15) is 10.6 Å². The average Bonchev–Trinajstić information content (AvgIpc) is 2.85. The highest BCUT2D eigenvalue weighted by Gasteiger charge is 2.20. The first-order valence-corrected chi connectivity index (χ1v) is 8.16. The van der Waals surface area contributed by atoms with E-state index in [4.69, 9.17) is 0 Å². The number of amides is 1. The highest BCUT2D eigenvalue weighted by Crippen LogP contribution is 2.29. The van der Waals surface area contributed by atoms with Gasteiger partial charge >= 0.3 is 0 Å². The number of carbonyl (C=O) groups is 1. The topological polar surface area (TPSA) is 70.2 Å². The number of rotatable bonds is 4. The SMILES string of the molecule is CCCNc1nc(N2CCCNC(=O)C2)c2ccsc2n1. The molecule has 0 unspecified atom stereocenters. The molecule has 1 saturated heterocycles. The molecule has 0 atom stereocenters. The van der Waals surface area contributed by atoms with Crippen LogP contribution in [0.2, 0.25) is 0 Å². The van der Waals surface area contributed by atoms with Gasteiger partial charge in [-0.2, -0.15) is 4.98 Å². The number of nitrogens with zero attached hydrogens (tertiary/aromatic N) is 3. The Hall–Kier alpha value is -1.89. The molecule has 1 fully saturated rings. The lowest BCUT2D eigenvalue weighted by Gasteiger charge is -2.21. The fraction of sp³-hybridized carbons (Fsp3) is 0.500. The van der Waals surface area contributed by atoms with Crippen molar-refractivity contribution >= 4 is 39.2 Å². The normalized spacial score (nSPS) is 15.9. The van der Waals surface area contributed by atoms with Crippen molar-refractivity contribution in [1.82, 2.24) is 15.3 Å². The molecule has 3 rings (SSSR count). The maximum absolute atomic E-state index is 11.8. The lowest BCUT2D eigenvalue weighted by molar-refractivity contribution is -0.119. The fourth-order valence-corrected chi connectivity index (χ4v) is 3.14. The first-order chi connectivity index (χ1) is 10.3. The Balaban J connectivity index is 1.98. The molecule has 0 spiro atoms. The molecule has 0 aromatic carbocycles.